The van der Waals surface area contributed by atoms with Crippen LogP contribution in [-0.2, 0) is 21.4 Å². The highest BCUT2D eigenvalue weighted by Crippen LogP contribution is 2.34. The summed E-state index contributed by atoms with van der Waals surface area (Å²) in [6.45, 7) is 6.59. The molecule has 11 heteroatoms. The number of imide groups is 1. The summed E-state index contributed by atoms with van der Waals surface area (Å²) in [6, 6.07) is 9.08. The first-order chi connectivity index (χ1) is 16.3. The molecule has 172 valence electrons. The number of piperidine rings is 1. The van der Waals surface area contributed by atoms with E-state index in [1.807, 2.05) is 0 Å². The van der Waals surface area contributed by atoms with Crippen LogP contribution in [0.25, 0.3) is 15.7 Å². The third-order valence-corrected chi connectivity index (χ3v) is 5.42. The van der Waals surface area contributed by atoms with Crippen molar-refractivity contribution in [3.05, 3.63) is 59.1 Å². The molecule has 2 aromatic carbocycles. The molecule has 3 N–H and O–H groups in total. The van der Waals surface area contributed by atoms with Crippen molar-refractivity contribution in [3.63, 3.8) is 0 Å². The third kappa shape index (κ3) is 4.29. The van der Waals surface area contributed by atoms with Crippen molar-refractivity contribution in [2.45, 2.75) is 18.8 Å². The first-order valence-electron chi connectivity index (χ1n) is 10.2. The second kappa shape index (κ2) is 9.03. The van der Waals surface area contributed by atoms with Crippen LogP contribution >= 0.6 is 0 Å². The highest BCUT2D eigenvalue weighted by Gasteiger charge is 2.32. The van der Waals surface area contributed by atoms with Crippen molar-refractivity contribution < 1.29 is 29.0 Å². The Kier molecular flexibility index (Phi) is 5.97. The smallest absolute Gasteiger partial charge is 0.336 e. The topological polar surface area (TPSA) is 144 Å². The van der Waals surface area contributed by atoms with Crippen LogP contribution in [0.15, 0.2) is 36.4 Å². The average molecular weight is 461 g/mol. The van der Waals surface area contributed by atoms with E-state index in [4.69, 9.17) is 11.3 Å². The summed E-state index contributed by atoms with van der Waals surface area (Å²) in [5.41, 5.74) is 1.07. The molecule has 1 aromatic heterocycles. The van der Waals surface area contributed by atoms with E-state index >= 15 is 0 Å². The van der Waals surface area contributed by atoms with Gasteiger partial charge in [-0.15, -0.1) is 0 Å². The Labute approximate surface area is 193 Å². The summed E-state index contributed by atoms with van der Waals surface area (Å²) in [6.07, 6.45) is 0.572. The number of anilines is 1. The number of benzene rings is 2. The number of fused-ring (bicyclic) bond motifs is 1. The van der Waals surface area contributed by atoms with Crippen molar-refractivity contribution in [2.75, 3.05) is 11.9 Å². The number of aryl methyl sites for hydroxylation is 1. The van der Waals surface area contributed by atoms with E-state index < -0.39 is 30.3 Å². The van der Waals surface area contributed by atoms with Crippen LogP contribution in [0.1, 0.15) is 34.8 Å². The molecule has 0 bridgehead atoms. The van der Waals surface area contributed by atoms with E-state index in [1.54, 1.807) is 29.9 Å². The first-order valence-corrected chi connectivity index (χ1v) is 10.2. The fourth-order valence-electron chi connectivity index (χ4n) is 3.87. The highest BCUT2D eigenvalue weighted by molar-refractivity contribution is 6.03. The molecule has 3 amide bonds. The standard InChI is InChI=1S/C23H19N5O6/c1-24-12-6-8-16(15(10-12)23(32)33)25-19(30)11-34-17-5-3-4-13-20(27-28(2)21(13)17)14-7-9-18(29)26-22(14)31/h3-6,8,10,14H,7,9,11H2,2H3,(H,25,30)(H,32,33)(H,26,29,31). The van der Waals surface area contributed by atoms with Crippen molar-refractivity contribution in [1.29, 1.82) is 0 Å². The van der Waals surface area contributed by atoms with Gasteiger partial charge in [-0.05, 0) is 24.6 Å². The Morgan fingerprint density at radius 1 is 1.32 bits per heavy atom. The number of aromatic nitrogens is 2. The molecule has 1 aliphatic rings. The lowest BCUT2D eigenvalue weighted by Crippen LogP contribution is -2.39. The molecule has 34 heavy (non-hydrogen) atoms. The third-order valence-electron chi connectivity index (χ3n) is 5.42. The molecule has 3 aromatic rings. The molecule has 0 aliphatic carbocycles. The molecule has 1 fully saturated rings. The summed E-state index contributed by atoms with van der Waals surface area (Å²) in [4.78, 5) is 50.9. The zero-order valence-corrected chi connectivity index (χ0v) is 18.0. The fourth-order valence-corrected chi connectivity index (χ4v) is 3.87. The van der Waals surface area contributed by atoms with Gasteiger partial charge in [0.25, 0.3) is 5.91 Å². The largest absolute Gasteiger partial charge is 0.481 e. The van der Waals surface area contributed by atoms with Gasteiger partial charge in [0.05, 0.1) is 29.4 Å². The highest BCUT2D eigenvalue weighted by atomic mass is 16.5. The van der Waals surface area contributed by atoms with Gasteiger partial charge in [0.2, 0.25) is 11.8 Å². The van der Waals surface area contributed by atoms with Crippen LogP contribution in [0.4, 0.5) is 11.4 Å². The molecule has 1 unspecified atom stereocenters. The number of hydrogen-bond donors (Lipinski definition) is 3. The molecule has 1 aliphatic heterocycles. The number of carbonyl (C=O) groups excluding carboxylic acids is 3. The van der Waals surface area contributed by atoms with Crippen LogP contribution < -0.4 is 15.4 Å². The van der Waals surface area contributed by atoms with Gasteiger partial charge in [0.1, 0.15) is 11.3 Å². The van der Waals surface area contributed by atoms with E-state index in [9.17, 15) is 24.3 Å². The Morgan fingerprint density at radius 2 is 2.12 bits per heavy atom. The zero-order valence-electron chi connectivity index (χ0n) is 18.0. The SMILES string of the molecule is [C-]#[N+]c1ccc(NC(=O)COc2cccc3c(C4CCC(=O)NC4=O)nn(C)c23)c(C(=O)O)c1. The molecule has 11 nitrogen and oxygen atoms in total. The molecular formula is C23H19N5O6. The minimum atomic E-state index is -1.28. The van der Waals surface area contributed by atoms with Crippen LogP contribution in [0, 0.1) is 6.57 Å². The predicted molar refractivity (Wildman–Crippen MR) is 120 cm³/mol. The molecular weight excluding hydrogens is 442 g/mol. The number of hydrogen-bond acceptors (Lipinski definition) is 6. The molecule has 0 saturated carbocycles. The van der Waals surface area contributed by atoms with Crippen LogP contribution in [-0.4, -0.2) is 45.2 Å². The number of aromatic carboxylic acids is 1. The second-order valence-corrected chi connectivity index (χ2v) is 7.65. The summed E-state index contributed by atoms with van der Waals surface area (Å²) < 4.78 is 7.25. The van der Waals surface area contributed by atoms with Crippen molar-refractivity contribution in [1.82, 2.24) is 15.1 Å². The zero-order chi connectivity index (χ0) is 24.4. The Morgan fingerprint density at radius 3 is 2.82 bits per heavy atom. The van der Waals surface area contributed by atoms with Gasteiger partial charge < -0.3 is 15.2 Å². The maximum atomic E-state index is 12.5. The number of nitrogens with one attached hydrogen (secondary N) is 2. The summed E-state index contributed by atoms with van der Waals surface area (Å²) in [5, 5.41) is 19.3. The Balaban J connectivity index is 1.54. The van der Waals surface area contributed by atoms with E-state index in [1.165, 1.54) is 18.2 Å². The molecule has 0 spiro atoms. The maximum absolute atomic E-state index is 12.5. The van der Waals surface area contributed by atoms with Crippen LogP contribution in [0.2, 0.25) is 0 Å². The molecule has 4 rings (SSSR count). The molecule has 0 radical (unpaired) electrons. The summed E-state index contributed by atoms with van der Waals surface area (Å²) in [7, 11) is 1.68. The fraction of sp³-hybridized carbons (Fsp3) is 0.217. The van der Waals surface area contributed by atoms with E-state index in [-0.39, 0.29) is 29.3 Å². The van der Waals surface area contributed by atoms with Gasteiger partial charge >= 0.3 is 5.97 Å². The van der Waals surface area contributed by atoms with Crippen molar-refractivity contribution in [2.24, 2.45) is 7.05 Å². The number of ether oxygens (including phenoxy) is 1. The number of carboxylic acid groups (broad SMARTS) is 1. The normalized spacial score (nSPS) is 15.5. The lowest BCUT2D eigenvalue weighted by atomic mass is 9.93. The predicted octanol–water partition coefficient (Wildman–Crippen LogP) is 2.36. The number of carboxylic acids is 1. The summed E-state index contributed by atoms with van der Waals surface area (Å²) >= 11 is 0. The summed E-state index contributed by atoms with van der Waals surface area (Å²) in [5.74, 6) is -2.81. The number of para-hydroxylation sites is 1. The van der Waals surface area contributed by atoms with Crippen LogP contribution in [0.3, 0.4) is 0 Å². The molecule has 1 atom stereocenters. The quantitative estimate of drug-likeness (QED) is 0.378. The monoisotopic (exact) mass is 461 g/mol. The first kappa shape index (κ1) is 22.5. The van der Waals surface area contributed by atoms with Crippen molar-refractivity contribution >= 4 is 46.0 Å². The number of carbonyl (C=O) groups is 4. The van der Waals surface area contributed by atoms with E-state index in [0.717, 1.165) is 0 Å². The Hall–Kier alpha value is -4.72. The minimum Gasteiger partial charge on any atom is -0.481 e. The maximum Gasteiger partial charge on any atom is 0.336 e. The van der Waals surface area contributed by atoms with Crippen LogP contribution in [0.5, 0.6) is 5.75 Å². The average Bonchev–Trinajstić information content (AvgIpc) is 3.14. The van der Waals surface area contributed by atoms with Gasteiger partial charge in [-0.3, -0.25) is 24.4 Å². The molecule has 2 heterocycles. The van der Waals surface area contributed by atoms with Gasteiger partial charge in [0.15, 0.2) is 12.3 Å². The Bertz CT molecular complexity index is 1390. The number of amides is 3. The van der Waals surface area contributed by atoms with Gasteiger partial charge in [-0.2, -0.15) is 5.10 Å². The van der Waals surface area contributed by atoms with Gasteiger partial charge in [-0.1, -0.05) is 18.2 Å². The van der Waals surface area contributed by atoms with E-state index in [0.29, 0.717) is 28.8 Å². The number of rotatable bonds is 6. The van der Waals surface area contributed by atoms with Gasteiger partial charge in [0, 0.05) is 18.9 Å². The van der Waals surface area contributed by atoms with E-state index in [2.05, 4.69) is 20.6 Å². The second-order valence-electron chi connectivity index (χ2n) is 7.65. The lowest BCUT2D eigenvalue weighted by Gasteiger charge is -2.19. The van der Waals surface area contributed by atoms with Crippen molar-refractivity contribution in [3.8, 4) is 5.75 Å². The molecule has 1 saturated heterocycles. The lowest BCUT2D eigenvalue weighted by molar-refractivity contribution is -0.134. The number of nitrogens with zero attached hydrogens (tertiary/aromatic N) is 3. The minimum absolute atomic E-state index is 0.0485. The van der Waals surface area contributed by atoms with Gasteiger partial charge in [-0.25, -0.2) is 9.64 Å².